The van der Waals surface area contributed by atoms with E-state index in [1.54, 1.807) is 0 Å². The second kappa shape index (κ2) is 8.18. The van der Waals surface area contributed by atoms with Crippen LogP contribution in [0.2, 0.25) is 0 Å². The highest BCUT2D eigenvalue weighted by molar-refractivity contribution is 5.70. The SMILES string of the molecule is O=C(O)C(CCCC1=CCCC=C1)CCC1CNc2ccccc21. The van der Waals surface area contributed by atoms with Crippen LogP contribution in [0, 0.1) is 5.92 Å². The predicted molar refractivity (Wildman–Crippen MR) is 98.3 cm³/mol. The Morgan fingerprint density at radius 2 is 2.12 bits per heavy atom. The Kier molecular flexibility index (Phi) is 5.73. The molecule has 3 rings (SSSR count). The second-order valence-electron chi connectivity index (χ2n) is 6.93. The maximum Gasteiger partial charge on any atom is 0.306 e. The molecule has 2 unspecified atom stereocenters. The fraction of sp³-hybridized carbons (Fsp3) is 0.476. The third-order valence-corrected chi connectivity index (χ3v) is 5.24. The van der Waals surface area contributed by atoms with Crippen molar-refractivity contribution >= 4 is 11.7 Å². The zero-order valence-electron chi connectivity index (χ0n) is 14.2. The summed E-state index contributed by atoms with van der Waals surface area (Å²) >= 11 is 0. The molecule has 2 atom stereocenters. The molecule has 0 spiro atoms. The maximum absolute atomic E-state index is 11.6. The highest BCUT2D eigenvalue weighted by atomic mass is 16.4. The average molecular weight is 325 g/mol. The summed E-state index contributed by atoms with van der Waals surface area (Å²) in [6, 6.07) is 8.38. The summed E-state index contributed by atoms with van der Waals surface area (Å²) in [7, 11) is 0. The molecule has 0 fully saturated rings. The zero-order valence-corrected chi connectivity index (χ0v) is 14.2. The molecule has 3 nitrogen and oxygen atoms in total. The first-order valence-corrected chi connectivity index (χ1v) is 9.15. The highest BCUT2D eigenvalue weighted by Gasteiger charge is 2.24. The summed E-state index contributed by atoms with van der Waals surface area (Å²) in [6.07, 6.45) is 13.4. The Morgan fingerprint density at radius 3 is 2.92 bits per heavy atom. The van der Waals surface area contributed by atoms with Gasteiger partial charge in [-0.2, -0.15) is 0 Å². The molecule has 1 aliphatic carbocycles. The van der Waals surface area contributed by atoms with Crippen LogP contribution in [0.25, 0.3) is 0 Å². The maximum atomic E-state index is 11.6. The molecule has 0 saturated carbocycles. The number of para-hydroxylation sites is 1. The summed E-state index contributed by atoms with van der Waals surface area (Å²) in [5, 5.41) is 13.0. The summed E-state index contributed by atoms with van der Waals surface area (Å²) in [6.45, 7) is 0.934. The molecule has 0 saturated heterocycles. The number of hydrogen-bond donors (Lipinski definition) is 2. The fourth-order valence-electron chi connectivity index (χ4n) is 3.81. The van der Waals surface area contributed by atoms with E-state index in [1.165, 1.54) is 16.8 Å². The number of allylic oxidation sites excluding steroid dienone is 4. The van der Waals surface area contributed by atoms with Crippen LogP contribution in [0.1, 0.15) is 56.4 Å². The van der Waals surface area contributed by atoms with E-state index in [9.17, 15) is 9.90 Å². The first kappa shape index (κ1) is 16.8. The lowest BCUT2D eigenvalue weighted by Crippen LogP contribution is -2.15. The molecule has 0 radical (unpaired) electrons. The molecule has 24 heavy (non-hydrogen) atoms. The number of fused-ring (bicyclic) bond motifs is 1. The summed E-state index contributed by atoms with van der Waals surface area (Å²) < 4.78 is 0. The number of carboxylic acids is 1. The van der Waals surface area contributed by atoms with E-state index in [2.05, 4.69) is 41.7 Å². The monoisotopic (exact) mass is 325 g/mol. The molecule has 128 valence electrons. The molecule has 1 heterocycles. The first-order valence-electron chi connectivity index (χ1n) is 9.15. The number of carbonyl (C=O) groups is 1. The molecule has 1 aromatic carbocycles. The van der Waals surface area contributed by atoms with E-state index in [0.717, 1.165) is 51.5 Å². The topological polar surface area (TPSA) is 49.3 Å². The van der Waals surface area contributed by atoms with Crippen LogP contribution < -0.4 is 5.32 Å². The van der Waals surface area contributed by atoms with Crippen LogP contribution in [0.15, 0.2) is 48.1 Å². The second-order valence-corrected chi connectivity index (χ2v) is 6.93. The van der Waals surface area contributed by atoms with Gasteiger partial charge in [0.15, 0.2) is 0 Å². The fourth-order valence-corrected chi connectivity index (χ4v) is 3.81. The molecule has 0 aromatic heterocycles. The number of rotatable bonds is 8. The van der Waals surface area contributed by atoms with Crippen molar-refractivity contribution in [2.24, 2.45) is 5.92 Å². The van der Waals surface area contributed by atoms with Crippen molar-refractivity contribution in [3.63, 3.8) is 0 Å². The van der Waals surface area contributed by atoms with Gasteiger partial charge in [-0.1, -0.05) is 42.0 Å². The van der Waals surface area contributed by atoms with Gasteiger partial charge in [0.2, 0.25) is 0 Å². The first-order chi connectivity index (χ1) is 11.7. The Labute approximate surface area is 144 Å². The Balaban J connectivity index is 1.47. The average Bonchev–Trinajstić information content (AvgIpc) is 3.02. The molecular formula is C21H27NO2. The van der Waals surface area contributed by atoms with Crippen molar-refractivity contribution in [3.8, 4) is 0 Å². The standard InChI is InChI=1S/C21H27NO2/c23-21(24)17(10-6-9-16-7-2-1-3-8-16)13-14-18-15-22-20-12-5-4-11-19(18)20/h2,4-5,7-8,11-12,17-18,22H,1,3,6,9-10,13-15H2,(H,23,24). The van der Waals surface area contributed by atoms with Gasteiger partial charge in [0.05, 0.1) is 5.92 Å². The van der Waals surface area contributed by atoms with Crippen molar-refractivity contribution in [2.45, 2.75) is 50.9 Å². The number of aliphatic carboxylic acids is 1. The molecular weight excluding hydrogens is 298 g/mol. The van der Waals surface area contributed by atoms with Crippen molar-refractivity contribution in [1.82, 2.24) is 0 Å². The molecule has 0 amide bonds. The Morgan fingerprint density at radius 1 is 1.25 bits per heavy atom. The van der Waals surface area contributed by atoms with Crippen LogP contribution in [0.4, 0.5) is 5.69 Å². The third-order valence-electron chi connectivity index (χ3n) is 5.24. The van der Waals surface area contributed by atoms with Gasteiger partial charge in [0.1, 0.15) is 0 Å². The highest BCUT2D eigenvalue weighted by Crippen LogP contribution is 2.35. The van der Waals surface area contributed by atoms with E-state index in [-0.39, 0.29) is 5.92 Å². The van der Waals surface area contributed by atoms with Gasteiger partial charge in [-0.25, -0.2) is 0 Å². The molecule has 1 aromatic rings. The van der Waals surface area contributed by atoms with Gasteiger partial charge in [-0.3, -0.25) is 4.79 Å². The minimum atomic E-state index is -0.637. The largest absolute Gasteiger partial charge is 0.481 e. The van der Waals surface area contributed by atoms with E-state index >= 15 is 0 Å². The smallest absolute Gasteiger partial charge is 0.306 e. The van der Waals surface area contributed by atoms with Crippen LogP contribution in [-0.4, -0.2) is 17.6 Å². The summed E-state index contributed by atoms with van der Waals surface area (Å²) in [5.41, 5.74) is 3.93. The molecule has 3 heteroatoms. The van der Waals surface area contributed by atoms with Gasteiger partial charge in [-0.15, -0.1) is 0 Å². The van der Waals surface area contributed by atoms with Gasteiger partial charge in [-0.05, 0) is 56.6 Å². The van der Waals surface area contributed by atoms with Gasteiger partial charge < -0.3 is 10.4 Å². The van der Waals surface area contributed by atoms with Crippen molar-refractivity contribution < 1.29 is 9.90 Å². The Hall–Kier alpha value is -2.03. The van der Waals surface area contributed by atoms with Crippen LogP contribution in [0.5, 0.6) is 0 Å². The Bertz CT molecular complexity index is 632. The van der Waals surface area contributed by atoms with E-state index in [0.29, 0.717) is 5.92 Å². The van der Waals surface area contributed by atoms with Crippen molar-refractivity contribution in [1.29, 1.82) is 0 Å². The lowest BCUT2D eigenvalue weighted by molar-refractivity contribution is -0.142. The molecule has 2 N–H and O–H groups in total. The normalized spacial score (nSPS) is 20.2. The molecule has 2 aliphatic rings. The number of carboxylic acid groups (broad SMARTS) is 1. The van der Waals surface area contributed by atoms with Gasteiger partial charge >= 0.3 is 5.97 Å². The third kappa shape index (κ3) is 4.28. The summed E-state index contributed by atoms with van der Waals surface area (Å²) in [5.74, 6) is -0.402. The lowest BCUT2D eigenvalue weighted by atomic mass is 9.88. The van der Waals surface area contributed by atoms with Gasteiger partial charge in [0, 0.05) is 18.2 Å². The number of anilines is 1. The van der Waals surface area contributed by atoms with E-state index in [1.807, 2.05) is 6.07 Å². The van der Waals surface area contributed by atoms with Crippen LogP contribution >= 0.6 is 0 Å². The lowest BCUT2D eigenvalue weighted by Gasteiger charge is -2.16. The van der Waals surface area contributed by atoms with Crippen LogP contribution in [0.3, 0.4) is 0 Å². The van der Waals surface area contributed by atoms with Gasteiger partial charge in [0.25, 0.3) is 0 Å². The van der Waals surface area contributed by atoms with E-state index < -0.39 is 5.97 Å². The minimum absolute atomic E-state index is 0.217. The molecule has 0 bridgehead atoms. The number of nitrogens with one attached hydrogen (secondary N) is 1. The minimum Gasteiger partial charge on any atom is -0.481 e. The van der Waals surface area contributed by atoms with Crippen molar-refractivity contribution in [3.05, 3.63) is 53.6 Å². The predicted octanol–water partition coefficient (Wildman–Crippen LogP) is 5.12. The van der Waals surface area contributed by atoms with Crippen molar-refractivity contribution in [2.75, 3.05) is 11.9 Å². The zero-order chi connectivity index (χ0) is 16.8. The van der Waals surface area contributed by atoms with Crippen LogP contribution in [-0.2, 0) is 4.79 Å². The summed E-state index contributed by atoms with van der Waals surface area (Å²) in [4.78, 5) is 11.6. The van der Waals surface area contributed by atoms with E-state index in [4.69, 9.17) is 0 Å². The number of benzene rings is 1. The molecule has 1 aliphatic heterocycles. The number of hydrogen-bond acceptors (Lipinski definition) is 2. The quantitative estimate of drug-likeness (QED) is 0.697.